The average Bonchev–Trinajstić information content (AvgIpc) is 3.17. The fraction of sp³-hybridized carbons (Fsp3) is 0.688. The number of carbonyl (C=O) groups excluding carboxylic acids is 2. The van der Waals surface area contributed by atoms with Gasteiger partial charge in [-0.25, -0.2) is 4.79 Å². The summed E-state index contributed by atoms with van der Waals surface area (Å²) in [7, 11) is 0. The van der Waals surface area contributed by atoms with Gasteiger partial charge in [0, 0.05) is 12.8 Å². The minimum atomic E-state index is -1.01. The molecule has 0 spiro atoms. The largest absolute Gasteiger partial charge is 0.480 e. The maximum Gasteiger partial charge on any atom is 0.326 e. The summed E-state index contributed by atoms with van der Waals surface area (Å²) in [6.07, 6.45) is 53.9. The van der Waals surface area contributed by atoms with Gasteiger partial charge >= 0.3 is 11.9 Å². The van der Waals surface area contributed by atoms with Crippen LogP contribution in [-0.4, -0.2) is 41.6 Å². The molecule has 0 aromatic heterocycles. The highest BCUT2D eigenvalue weighted by Gasteiger charge is 2.19. The smallest absolute Gasteiger partial charge is 0.326 e. The van der Waals surface area contributed by atoms with Crippen LogP contribution in [0.15, 0.2) is 72.9 Å². The highest BCUT2D eigenvalue weighted by Crippen LogP contribution is 2.18. The van der Waals surface area contributed by atoms with Gasteiger partial charge in [0.05, 0.1) is 0 Å². The number of allylic oxidation sites excluding steroid dienone is 12. The van der Waals surface area contributed by atoms with E-state index in [0.29, 0.717) is 32.2 Å². The maximum absolute atomic E-state index is 12.7. The van der Waals surface area contributed by atoms with E-state index in [2.05, 4.69) is 92.1 Å². The SMILES string of the molecule is CC/C=C\C/C=C\C/C=C\C/C=C\C/C=C\C/C=C\CCCCCCC(=O)OC(CCCCCCCC)CCCCCCCC(=O)NC(CCCN)C(=O)O. The van der Waals surface area contributed by atoms with E-state index in [1.807, 2.05) is 0 Å². The first-order chi connectivity index (χ1) is 26.9. The quantitative estimate of drug-likeness (QED) is 0.0326. The van der Waals surface area contributed by atoms with Crippen LogP contribution in [0.4, 0.5) is 0 Å². The third-order valence-electron chi connectivity index (χ3n) is 9.54. The summed E-state index contributed by atoms with van der Waals surface area (Å²) in [5.41, 5.74) is 5.48. The first-order valence-electron chi connectivity index (χ1n) is 22.3. The molecule has 1 amide bonds. The number of amides is 1. The molecule has 314 valence electrons. The number of carboxylic acids is 1. The summed E-state index contributed by atoms with van der Waals surface area (Å²) in [4.78, 5) is 36.3. The van der Waals surface area contributed by atoms with E-state index >= 15 is 0 Å². The molecule has 0 aliphatic rings. The molecule has 55 heavy (non-hydrogen) atoms. The Morgan fingerprint density at radius 2 is 1.00 bits per heavy atom. The minimum absolute atomic E-state index is 0.000900. The maximum atomic E-state index is 12.7. The van der Waals surface area contributed by atoms with Crippen LogP contribution in [0.3, 0.4) is 0 Å². The number of nitrogens with one attached hydrogen (secondary N) is 1. The lowest BCUT2D eigenvalue weighted by Crippen LogP contribution is -2.40. The van der Waals surface area contributed by atoms with Crippen LogP contribution in [0.5, 0.6) is 0 Å². The molecule has 0 aromatic carbocycles. The number of aliphatic carboxylic acids is 1. The number of rotatable bonds is 39. The lowest BCUT2D eigenvalue weighted by Gasteiger charge is -2.18. The number of carboxylic acid groups (broad SMARTS) is 1. The fourth-order valence-electron chi connectivity index (χ4n) is 6.22. The van der Waals surface area contributed by atoms with E-state index in [-0.39, 0.29) is 18.0 Å². The summed E-state index contributed by atoms with van der Waals surface area (Å²) in [5.74, 6) is -1.27. The van der Waals surface area contributed by atoms with Crippen LogP contribution in [0, 0.1) is 0 Å². The Morgan fingerprint density at radius 1 is 0.545 bits per heavy atom. The van der Waals surface area contributed by atoms with Crippen molar-refractivity contribution in [3.63, 3.8) is 0 Å². The molecule has 0 aliphatic heterocycles. The fourth-order valence-corrected chi connectivity index (χ4v) is 6.22. The van der Waals surface area contributed by atoms with Gasteiger partial charge in [-0.2, -0.15) is 0 Å². The van der Waals surface area contributed by atoms with Crippen molar-refractivity contribution >= 4 is 17.8 Å². The second kappa shape index (κ2) is 42.0. The van der Waals surface area contributed by atoms with E-state index in [1.165, 1.54) is 32.1 Å². The molecule has 0 aromatic rings. The van der Waals surface area contributed by atoms with Crippen molar-refractivity contribution in [2.24, 2.45) is 5.73 Å². The van der Waals surface area contributed by atoms with Crippen LogP contribution >= 0.6 is 0 Å². The third-order valence-corrected chi connectivity index (χ3v) is 9.54. The van der Waals surface area contributed by atoms with Gasteiger partial charge in [-0.3, -0.25) is 9.59 Å². The number of hydrogen-bond donors (Lipinski definition) is 3. The lowest BCUT2D eigenvalue weighted by molar-refractivity contribution is -0.150. The predicted molar refractivity (Wildman–Crippen MR) is 234 cm³/mol. The molecular weight excluding hydrogens is 685 g/mol. The zero-order chi connectivity index (χ0) is 40.3. The van der Waals surface area contributed by atoms with Crippen LogP contribution in [0.1, 0.15) is 194 Å². The summed E-state index contributed by atoms with van der Waals surface area (Å²) in [5, 5.41) is 11.9. The van der Waals surface area contributed by atoms with Gasteiger partial charge in [0.15, 0.2) is 0 Å². The number of esters is 1. The van der Waals surface area contributed by atoms with Gasteiger partial charge < -0.3 is 20.9 Å². The van der Waals surface area contributed by atoms with Crippen molar-refractivity contribution in [2.45, 2.75) is 206 Å². The number of hydrogen-bond acceptors (Lipinski definition) is 5. The van der Waals surface area contributed by atoms with Crippen molar-refractivity contribution in [1.29, 1.82) is 0 Å². The van der Waals surface area contributed by atoms with Gasteiger partial charge in [-0.15, -0.1) is 0 Å². The molecule has 2 unspecified atom stereocenters. The van der Waals surface area contributed by atoms with Crippen molar-refractivity contribution < 1.29 is 24.2 Å². The predicted octanol–water partition coefficient (Wildman–Crippen LogP) is 12.7. The van der Waals surface area contributed by atoms with Crippen LogP contribution in [0.2, 0.25) is 0 Å². The first-order valence-corrected chi connectivity index (χ1v) is 22.3. The summed E-state index contributed by atoms with van der Waals surface area (Å²) < 4.78 is 6.00. The number of unbranched alkanes of at least 4 members (excludes halogenated alkanes) is 13. The van der Waals surface area contributed by atoms with E-state index in [1.54, 1.807) is 0 Å². The van der Waals surface area contributed by atoms with Crippen molar-refractivity contribution in [3.8, 4) is 0 Å². The summed E-state index contributed by atoms with van der Waals surface area (Å²) >= 11 is 0. The Morgan fingerprint density at radius 3 is 1.51 bits per heavy atom. The van der Waals surface area contributed by atoms with Crippen LogP contribution in [0.25, 0.3) is 0 Å². The standard InChI is InChI=1S/C48H82N2O5/c1-3-5-7-9-11-12-13-14-15-16-17-18-19-20-21-22-23-24-25-26-27-32-36-42-47(52)55-44(38-33-29-10-8-6-4-2)39-34-30-28-31-35-41-46(51)50-45(48(53)54)40-37-43-49/h5,7,11-12,14-15,17-18,20-21,23-24,44-45H,3-4,6,8-10,13,16,19,22,25-43,49H2,1-2H3,(H,50,51)(H,53,54)/b7-5-,12-11-,15-14-,18-17-,21-20-,24-23-. The Kier molecular flexibility index (Phi) is 39.5. The van der Waals surface area contributed by atoms with E-state index < -0.39 is 12.0 Å². The molecule has 0 aliphatic carbocycles. The molecule has 0 radical (unpaired) electrons. The Hall–Kier alpha value is -3.19. The number of nitrogens with two attached hydrogens (primary N) is 1. The van der Waals surface area contributed by atoms with Gasteiger partial charge in [0.1, 0.15) is 12.1 Å². The first kappa shape index (κ1) is 51.8. The normalized spacial score (nSPS) is 13.4. The second-order valence-corrected chi connectivity index (χ2v) is 14.7. The van der Waals surface area contributed by atoms with Gasteiger partial charge in [0.25, 0.3) is 0 Å². The highest BCUT2D eigenvalue weighted by molar-refractivity contribution is 5.83. The summed E-state index contributed by atoms with van der Waals surface area (Å²) in [6.45, 7) is 4.80. The van der Waals surface area contributed by atoms with Gasteiger partial charge in [-0.1, -0.05) is 151 Å². The molecule has 7 nitrogen and oxygen atoms in total. The third kappa shape index (κ3) is 38.9. The monoisotopic (exact) mass is 767 g/mol. The summed E-state index contributed by atoms with van der Waals surface area (Å²) in [6, 6.07) is -0.860. The minimum Gasteiger partial charge on any atom is -0.480 e. The number of carbonyl (C=O) groups is 3. The number of ether oxygens (including phenoxy) is 1. The molecule has 0 bridgehead atoms. The van der Waals surface area contributed by atoms with E-state index in [9.17, 15) is 19.5 Å². The molecule has 7 heteroatoms. The molecule has 0 heterocycles. The molecule has 0 saturated heterocycles. The van der Waals surface area contributed by atoms with Gasteiger partial charge in [0.2, 0.25) is 5.91 Å². The highest BCUT2D eigenvalue weighted by atomic mass is 16.5. The molecule has 0 rings (SSSR count). The average molecular weight is 767 g/mol. The zero-order valence-electron chi connectivity index (χ0n) is 35.2. The second-order valence-electron chi connectivity index (χ2n) is 14.7. The molecule has 0 saturated carbocycles. The lowest BCUT2D eigenvalue weighted by atomic mass is 10.0. The zero-order valence-corrected chi connectivity index (χ0v) is 35.2. The molecule has 0 fully saturated rings. The molecule has 4 N–H and O–H groups in total. The van der Waals surface area contributed by atoms with Crippen molar-refractivity contribution in [1.82, 2.24) is 5.32 Å². The topological polar surface area (TPSA) is 119 Å². The van der Waals surface area contributed by atoms with E-state index in [0.717, 1.165) is 122 Å². The van der Waals surface area contributed by atoms with Crippen LogP contribution < -0.4 is 11.1 Å². The van der Waals surface area contributed by atoms with E-state index in [4.69, 9.17) is 10.5 Å². The molecular formula is C48H82N2O5. The van der Waals surface area contributed by atoms with Crippen molar-refractivity contribution in [2.75, 3.05) is 6.54 Å². The Balaban J connectivity index is 4.14. The molecule has 2 atom stereocenters. The van der Waals surface area contributed by atoms with Gasteiger partial charge in [-0.05, 0) is 109 Å². The van der Waals surface area contributed by atoms with Crippen LogP contribution in [-0.2, 0) is 19.1 Å². The van der Waals surface area contributed by atoms with Crippen molar-refractivity contribution in [3.05, 3.63) is 72.9 Å². The Bertz CT molecular complexity index is 1090. The Labute approximate surface area is 337 Å².